The van der Waals surface area contributed by atoms with E-state index in [4.69, 9.17) is 4.74 Å². The van der Waals surface area contributed by atoms with Gasteiger partial charge < -0.3 is 4.74 Å². The van der Waals surface area contributed by atoms with E-state index in [2.05, 4.69) is 28.6 Å². The Bertz CT molecular complexity index is 374. The monoisotopic (exact) mass is 304 g/mol. The fourth-order valence-corrected chi connectivity index (χ4v) is 2.59. The number of thiol groups is 1. The molecule has 1 fully saturated rings. The van der Waals surface area contributed by atoms with Crippen LogP contribution in [0.2, 0.25) is 0 Å². The summed E-state index contributed by atoms with van der Waals surface area (Å²) in [6.45, 7) is 0.559. The molecule has 0 radical (unpaired) electrons. The first-order valence-electron chi connectivity index (χ1n) is 5.34. The SMILES string of the molecule is Fc1ccc(Br)cc1OCC1(CS)CCC1. The Hall–Kier alpha value is -0.220. The summed E-state index contributed by atoms with van der Waals surface area (Å²) in [6, 6.07) is 4.74. The van der Waals surface area contributed by atoms with Crippen molar-refractivity contribution < 1.29 is 9.13 Å². The Kier molecular flexibility index (Phi) is 3.80. The van der Waals surface area contributed by atoms with E-state index in [1.54, 1.807) is 12.1 Å². The van der Waals surface area contributed by atoms with Gasteiger partial charge in [-0.25, -0.2) is 4.39 Å². The van der Waals surface area contributed by atoms with Crippen LogP contribution in [0.5, 0.6) is 5.75 Å². The van der Waals surface area contributed by atoms with Crippen molar-refractivity contribution in [3.8, 4) is 5.75 Å². The zero-order chi connectivity index (χ0) is 11.6. The Balaban J connectivity index is 2.01. The molecule has 0 atom stereocenters. The number of ether oxygens (including phenoxy) is 1. The zero-order valence-corrected chi connectivity index (χ0v) is 11.4. The first-order valence-corrected chi connectivity index (χ1v) is 6.76. The maximum atomic E-state index is 13.4. The molecule has 1 aliphatic rings. The van der Waals surface area contributed by atoms with Gasteiger partial charge >= 0.3 is 0 Å². The summed E-state index contributed by atoms with van der Waals surface area (Å²) in [6.07, 6.45) is 3.49. The molecule has 0 N–H and O–H groups in total. The van der Waals surface area contributed by atoms with Gasteiger partial charge in [-0.2, -0.15) is 12.6 Å². The van der Waals surface area contributed by atoms with Crippen molar-refractivity contribution in [1.29, 1.82) is 0 Å². The van der Waals surface area contributed by atoms with E-state index in [9.17, 15) is 4.39 Å². The van der Waals surface area contributed by atoms with Gasteiger partial charge in [-0.1, -0.05) is 22.4 Å². The molecule has 0 aromatic heterocycles. The Morgan fingerprint density at radius 1 is 1.44 bits per heavy atom. The van der Waals surface area contributed by atoms with Crippen molar-refractivity contribution in [3.63, 3.8) is 0 Å². The number of benzene rings is 1. The maximum Gasteiger partial charge on any atom is 0.165 e. The van der Waals surface area contributed by atoms with E-state index in [1.165, 1.54) is 12.5 Å². The van der Waals surface area contributed by atoms with Crippen LogP contribution in [0.1, 0.15) is 19.3 Å². The molecule has 0 heterocycles. The van der Waals surface area contributed by atoms with Gasteiger partial charge in [0.05, 0.1) is 6.61 Å². The largest absolute Gasteiger partial charge is 0.490 e. The number of rotatable bonds is 4. The Labute approximate surface area is 109 Å². The lowest BCUT2D eigenvalue weighted by Crippen LogP contribution is -2.37. The average Bonchev–Trinajstić information content (AvgIpc) is 2.22. The first-order chi connectivity index (χ1) is 7.65. The van der Waals surface area contributed by atoms with Gasteiger partial charge in [0.15, 0.2) is 11.6 Å². The molecule has 0 bridgehead atoms. The van der Waals surface area contributed by atoms with Crippen molar-refractivity contribution in [3.05, 3.63) is 28.5 Å². The predicted molar refractivity (Wildman–Crippen MR) is 69.7 cm³/mol. The maximum absolute atomic E-state index is 13.4. The minimum absolute atomic E-state index is 0.165. The minimum atomic E-state index is -0.308. The summed E-state index contributed by atoms with van der Waals surface area (Å²) in [5.74, 6) is 0.821. The molecular weight excluding hydrogens is 291 g/mol. The van der Waals surface area contributed by atoms with Crippen molar-refractivity contribution in [2.24, 2.45) is 5.41 Å². The van der Waals surface area contributed by atoms with Crippen molar-refractivity contribution >= 4 is 28.6 Å². The number of halogens is 2. The van der Waals surface area contributed by atoms with Gasteiger partial charge in [-0.05, 0) is 36.8 Å². The molecule has 1 nitrogen and oxygen atoms in total. The van der Waals surface area contributed by atoms with Crippen LogP contribution < -0.4 is 4.74 Å². The predicted octanol–water partition coefficient (Wildman–Crippen LogP) is 4.07. The second-order valence-electron chi connectivity index (χ2n) is 4.38. The average molecular weight is 305 g/mol. The lowest BCUT2D eigenvalue weighted by atomic mass is 9.71. The van der Waals surface area contributed by atoms with Gasteiger partial charge in [0.25, 0.3) is 0 Å². The summed E-state index contributed by atoms with van der Waals surface area (Å²) in [5.41, 5.74) is 0.165. The van der Waals surface area contributed by atoms with Crippen LogP contribution in [0.3, 0.4) is 0 Å². The van der Waals surface area contributed by atoms with E-state index >= 15 is 0 Å². The van der Waals surface area contributed by atoms with Gasteiger partial charge in [-0.15, -0.1) is 0 Å². The fraction of sp³-hybridized carbons (Fsp3) is 0.500. The second-order valence-corrected chi connectivity index (χ2v) is 5.61. The van der Waals surface area contributed by atoms with Crippen LogP contribution in [-0.2, 0) is 0 Å². The molecule has 1 saturated carbocycles. The third-order valence-corrected chi connectivity index (χ3v) is 4.34. The third-order valence-electron chi connectivity index (χ3n) is 3.18. The summed E-state index contributed by atoms with van der Waals surface area (Å²) in [7, 11) is 0. The van der Waals surface area contributed by atoms with E-state index in [1.807, 2.05) is 0 Å². The van der Waals surface area contributed by atoms with E-state index in [-0.39, 0.29) is 11.2 Å². The van der Waals surface area contributed by atoms with Crippen molar-refractivity contribution in [1.82, 2.24) is 0 Å². The molecule has 4 heteroatoms. The summed E-state index contributed by atoms with van der Waals surface area (Å²) in [5, 5.41) is 0. The summed E-state index contributed by atoms with van der Waals surface area (Å²) < 4.78 is 19.8. The normalized spacial score (nSPS) is 17.9. The highest BCUT2D eigenvalue weighted by molar-refractivity contribution is 9.10. The van der Waals surface area contributed by atoms with E-state index in [0.29, 0.717) is 12.4 Å². The summed E-state index contributed by atoms with van der Waals surface area (Å²) >= 11 is 7.65. The van der Waals surface area contributed by atoms with Crippen LogP contribution in [0, 0.1) is 11.2 Å². The topological polar surface area (TPSA) is 9.23 Å². The van der Waals surface area contributed by atoms with Gasteiger partial charge in [0, 0.05) is 9.89 Å². The van der Waals surface area contributed by atoms with Crippen LogP contribution >= 0.6 is 28.6 Å². The minimum Gasteiger partial charge on any atom is -0.490 e. The van der Waals surface area contributed by atoms with E-state index in [0.717, 1.165) is 23.1 Å². The quantitative estimate of drug-likeness (QED) is 0.825. The van der Waals surface area contributed by atoms with Crippen molar-refractivity contribution in [2.75, 3.05) is 12.4 Å². The highest BCUT2D eigenvalue weighted by atomic mass is 79.9. The molecule has 1 aliphatic carbocycles. The molecule has 0 aliphatic heterocycles. The van der Waals surface area contributed by atoms with Crippen LogP contribution in [0.15, 0.2) is 22.7 Å². The number of hydrogen-bond donors (Lipinski definition) is 1. The molecule has 16 heavy (non-hydrogen) atoms. The van der Waals surface area contributed by atoms with E-state index < -0.39 is 0 Å². The molecule has 88 valence electrons. The smallest absolute Gasteiger partial charge is 0.165 e. The zero-order valence-electron chi connectivity index (χ0n) is 8.88. The second kappa shape index (κ2) is 4.96. The molecular formula is C12H14BrFOS. The summed E-state index contributed by atoms with van der Waals surface area (Å²) in [4.78, 5) is 0. The van der Waals surface area contributed by atoms with Crippen LogP contribution in [-0.4, -0.2) is 12.4 Å². The molecule has 0 spiro atoms. The van der Waals surface area contributed by atoms with Crippen LogP contribution in [0.25, 0.3) is 0 Å². The molecule has 0 saturated heterocycles. The molecule has 0 unspecified atom stereocenters. The Morgan fingerprint density at radius 3 is 2.75 bits per heavy atom. The van der Waals surface area contributed by atoms with Gasteiger partial charge in [0.1, 0.15) is 0 Å². The molecule has 1 aromatic carbocycles. The highest BCUT2D eigenvalue weighted by Gasteiger charge is 2.36. The van der Waals surface area contributed by atoms with Crippen molar-refractivity contribution in [2.45, 2.75) is 19.3 Å². The molecule has 0 amide bonds. The molecule has 1 aromatic rings. The first kappa shape index (κ1) is 12.2. The third kappa shape index (κ3) is 2.54. The lowest BCUT2D eigenvalue weighted by molar-refractivity contribution is 0.0805. The number of hydrogen-bond acceptors (Lipinski definition) is 2. The molecule has 2 rings (SSSR count). The van der Waals surface area contributed by atoms with Gasteiger partial charge in [-0.3, -0.25) is 0 Å². The fourth-order valence-electron chi connectivity index (χ4n) is 1.84. The lowest BCUT2D eigenvalue weighted by Gasteiger charge is -2.40. The van der Waals surface area contributed by atoms with Crippen LogP contribution in [0.4, 0.5) is 4.39 Å². The Morgan fingerprint density at radius 2 is 2.19 bits per heavy atom. The highest BCUT2D eigenvalue weighted by Crippen LogP contribution is 2.42. The van der Waals surface area contributed by atoms with Gasteiger partial charge in [0.2, 0.25) is 0 Å². The standard InChI is InChI=1S/C12H14BrFOS/c13-9-2-3-10(14)11(6-9)15-7-12(8-16)4-1-5-12/h2-3,6,16H,1,4-5,7-8H2.